The van der Waals surface area contributed by atoms with E-state index in [2.05, 4.69) is 26.4 Å². The number of hydrogen-bond donors (Lipinski definition) is 11. The summed E-state index contributed by atoms with van der Waals surface area (Å²) in [6, 6.07) is -0.833. The second-order valence-electron chi connectivity index (χ2n) is 5.00. The second kappa shape index (κ2) is 11.4. The van der Waals surface area contributed by atoms with Crippen molar-refractivity contribution >= 4 is 23.5 Å². The minimum Gasteiger partial charge on any atom is -0.394 e. The molecule has 0 radical (unpaired) electrons. The third-order valence-corrected chi connectivity index (χ3v) is 2.84. The maximum absolute atomic E-state index is 10.9. The van der Waals surface area contributed by atoms with Crippen LogP contribution in [-0.2, 0) is 4.79 Å². The number of fused-ring (bicyclic) bond motifs is 1. The molecule has 2 aromatic heterocycles. The number of hydrogen-bond acceptors (Lipinski definition) is 10. The molecule has 0 spiro atoms. The van der Waals surface area contributed by atoms with Gasteiger partial charge in [-0.2, -0.15) is 0 Å². The topological polar surface area (TPSA) is 302 Å². The number of amides is 2. The Bertz CT molecular complexity index is 925. The summed E-state index contributed by atoms with van der Waals surface area (Å²) < 4.78 is 0. The van der Waals surface area contributed by atoms with Crippen LogP contribution < -0.4 is 28.4 Å². The van der Waals surface area contributed by atoms with Crippen LogP contribution in [0.5, 0.6) is 0 Å². The van der Waals surface area contributed by atoms with Crippen LogP contribution in [0.25, 0.3) is 11.2 Å². The first-order chi connectivity index (χ1) is 12.9. The lowest BCUT2D eigenvalue weighted by Gasteiger charge is -2.22. The Labute approximate surface area is 153 Å². The highest BCUT2D eigenvalue weighted by Crippen LogP contribution is 2.02. The number of H-pyrrole nitrogens is 4. The SMILES string of the molecule is NC(N)=O.O=C[C@H](O)[C@@H](O)[C@H](O)[C@H](O)CO.O=c1[nH]c(=O)c2[nH]c(=O)[nH]c2[nH]1. The quantitative estimate of drug-likeness (QED) is 0.208. The molecule has 4 atom stereocenters. The first-order valence-corrected chi connectivity index (χ1v) is 7.22. The van der Waals surface area contributed by atoms with Crippen molar-refractivity contribution in [2.24, 2.45) is 11.5 Å². The van der Waals surface area contributed by atoms with E-state index in [4.69, 9.17) is 30.3 Å². The molecule has 0 aliphatic heterocycles. The van der Waals surface area contributed by atoms with Crippen molar-refractivity contribution in [2.75, 3.05) is 6.61 Å². The molecule has 28 heavy (non-hydrogen) atoms. The molecule has 2 amide bonds. The highest BCUT2D eigenvalue weighted by atomic mass is 16.4. The standard InChI is InChI=1S/C6H12O6.C5H4N4O3.CH4N2O/c7-1-3(9)5(11)6(12)4(10)2-8;10-3-1-2(7-4(11)6-1)8-5(12)9-3;2-1(3)4/h1,3-6,8-12H,2H2;(H4,6,7,8,9,10,11,12);(H4,2,3,4)/t3-,4+,5+,6+;;/m0../s1. The number of primary amides is 2. The van der Waals surface area contributed by atoms with Gasteiger partial charge in [-0.25, -0.2) is 14.4 Å². The molecule has 16 nitrogen and oxygen atoms in total. The van der Waals surface area contributed by atoms with Crippen molar-refractivity contribution < 1.29 is 35.1 Å². The van der Waals surface area contributed by atoms with Crippen molar-refractivity contribution in [1.82, 2.24) is 19.9 Å². The molecule has 13 N–H and O–H groups in total. The number of rotatable bonds is 5. The second-order valence-corrected chi connectivity index (χ2v) is 5.00. The fraction of sp³-hybridized carbons (Fsp3) is 0.417. The van der Waals surface area contributed by atoms with Gasteiger partial charge in [0, 0.05) is 0 Å². The van der Waals surface area contributed by atoms with Gasteiger partial charge in [0.1, 0.15) is 35.6 Å². The molecule has 2 rings (SSSR count). The minimum atomic E-state index is -1.79. The molecule has 16 heteroatoms. The summed E-state index contributed by atoms with van der Waals surface area (Å²) in [4.78, 5) is 59.9. The van der Waals surface area contributed by atoms with Crippen LogP contribution in [0.2, 0.25) is 0 Å². The molecule has 0 aliphatic carbocycles. The van der Waals surface area contributed by atoms with Gasteiger partial charge in [0.25, 0.3) is 5.56 Å². The number of nitrogens with one attached hydrogen (secondary N) is 4. The number of urea groups is 1. The molecule has 2 heterocycles. The normalized spacial score (nSPS) is 14.5. The number of imidazole rings is 1. The van der Waals surface area contributed by atoms with Crippen LogP contribution in [0.4, 0.5) is 4.79 Å². The molecule has 0 unspecified atom stereocenters. The maximum Gasteiger partial charge on any atom is 0.327 e. The Hall–Kier alpha value is -3.31. The largest absolute Gasteiger partial charge is 0.394 e. The molecule has 0 saturated heterocycles. The lowest BCUT2D eigenvalue weighted by molar-refractivity contribution is -0.136. The molecular weight excluding hydrogens is 388 g/mol. The summed E-state index contributed by atoms with van der Waals surface area (Å²) in [6.45, 7) is -0.760. The zero-order valence-electron chi connectivity index (χ0n) is 14.0. The Morgan fingerprint density at radius 1 is 0.929 bits per heavy atom. The lowest BCUT2D eigenvalue weighted by Crippen LogP contribution is -2.46. The van der Waals surface area contributed by atoms with E-state index < -0.39 is 54.0 Å². The molecule has 158 valence electrons. The van der Waals surface area contributed by atoms with Crippen molar-refractivity contribution in [2.45, 2.75) is 24.4 Å². The number of aliphatic hydroxyl groups is 5. The number of aromatic amines is 4. The van der Waals surface area contributed by atoms with Gasteiger partial charge in [-0.3, -0.25) is 24.7 Å². The summed E-state index contributed by atoms with van der Waals surface area (Å²) in [5.74, 6) is 0. The fourth-order valence-corrected chi connectivity index (χ4v) is 1.58. The summed E-state index contributed by atoms with van der Waals surface area (Å²) in [5.41, 5.74) is 6.85. The number of nitrogens with two attached hydrogens (primary N) is 2. The van der Waals surface area contributed by atoms with E-state index in [-0.39, 0.29) is 17.5 Å². The Morgan fingerprint density at radius 3 is 1.82 bits per heavy atom. The van der Waals surface area contributed by atoms with E-state index in [1.54, 1.807) is 0 Å². The monoisotopic (exact) mass is 408 g/mol. The molecule has 0 aromatic carbocycles. The summed E-state index contributed by atoms with van der Waals surface area (Å²) in [7, 11) is 0. The highest BCUT2D eigenvalue weighted by molar-refractivity contribution is 5.69. The van der Waals surface area contributed by atoms with Crippen LogP contribution in [0.3, 0.4) is 0 Å². The number of aliphatic hydroxyl groups excluding tert-OH is 5. The van der Waals surface area contributed by atoms with Gasteiger partial charge in [-0.05, 0) is 0 Å². The lowest BCUT2D eigenvalue weighted by atomic mass is 10.0. The smallest absolute Gasteiger partial charge is 0.327 e. The number of aromatic nitrogens is 4. The zero-order valence-corrected chi connectivity index (χ0v) is 14.0. The summed E-state index contributed by atoms with van der Waals surface area (Å²) in [5, 5.41) is 43.5. The fourth-order valence-electron chi connectivity index (χ4n) is 1.58. The van der Waals surface area contributed by atoms with Gasteiger partial charge in [0.15, 0.2) is 6.29 Å². The van der Waals surface area contributed by atoms with Crippen molar-refractivity contribution in [1.29, 1.82) is 0 Å². The number of carbonyl (C=O) groups excluding carboxylic acids is 2. The van der Waals surface area contributed by atoms with Gasteiger partial charge in [-0.15, -0.1) is 0 Å². The Balaban J connectivity index is 0.000000439. The predicted octanol–water partition coefficient (Wildman–Crippen LogP) is -6.12. The van der Waals surface area contributed by atoms with Gasteiger partial charge in [0.2, 0.25) is 0 Å². The average molecular weight is 408 g/mol. The molecule has 0 bridgehead atoms. The van der Waals surface area contributed by atoms with E-state index >= 15 is 0 Å². The van der Waals surface area contributed by atoms with Gasteiger partial charge >= 0.3 is 17.4 Å². The van der Waals surface area contributed by atoms with Gasteiger partial charge in [0.05, 0.1) is 6.61 Å². The van der Waals surface area contributed by atoms with E-state index in [1.165, 1.54) is 0 Å². The first-order valence-electron chi connectivity index (χ1n) is 7.22. The maximum atomic E-state index is 10.9. The Kier molecular flexibility index (Phi) is 10.1. The average Bonchev–Trinajstić information content (AvgIpc) is 2.99. The number of aldehydes is 1. The van der Waals surface area contributed by atoms with E-state index in [0.717, 1.165) is 0 Å². The summed E-state index contributed by atoms with van der Waals surface area (Å²) >= 11 is 0. The third-order valence-electron chi connectivity index (χ3n) is 2.84. The van der Waals surface area contributed by atoms with E-state index in [9.17, 15) is 19.2 Å². The van der Waals surface area contributed by atoms with Gasteiger partial charge < -0.3 is 41.8 Å². The Morgan fingerprint density at radius 2 is 1.39 bits per heavy atom. The summed E-state index contributed by atoms with van der Waals surface area (Å²) in [6.07, 6.45) is -6.84. The third kappa shape index (κ3) is 7.93. The molecule has 0 saturated carbocycles. The molecule has 0 fully saturated rings. The van der Waals surface area contributed by atoms with Crippen LogP contribution in [0.15, 0.2) is 14.4 Å². The predicted molar refractivity (Wildman–Crippen MR) is 91.1 cm³/mol. The van der Waals surface area contributed by atoms with Crippen LogP contribution >= 0.6 is 0 Å². The number of carbonyl (C=O) groups is 2. The highest BCUT2D eigenvalue weighted by Gasteiger charge is 2.29. The van der Waals surface area contributed by atoms with Crippen molar-refractivity contribution in [3.8, 4) is 0 Å². The van der Waals surface area contributed by atoms with Gasteiger partial charge in [-0.1, -0.05) is 0 Å². The molecular formula is C12H20N6O10. The minimum absolute atomic E-state index is 0.0258. The van der Waals surface area contributed by atoms with Crippen molar-refractivity contribution in [3.05, 3.63) is 31.3 Å². The molecule has 2 aromatic rings. The van der Waals surface area contributed by atoms with E-state index in [0.29, 0.717) is 0 Å². The van der Waals surface area contributed by atoms with E-state index in [1.807, 2.05) is 4.98 Å². The van der Waals surface area contributed by atoms with Crippen molar-refractivity contribution in [3.63, 3.8) is 0 Å². The first kappa shape index (κ1) is 24.7. The molecule has 0 aliphatic rings. The zero-order chi connectivity index (χ0) is 22.0. The van der Waals surface area contributed by atoms with Crippen LogP contribution in [-0.4, -0.2) is 88.8 Å². The van der Waals surface area contributed by atoms with Crippen LogP contribution in [0.1, 0.15) is 0 Å². The van der Waals surface area contributed by atoms with Crippen LogP contribution in [0, 0.1) is 0 Å².